The Labute approximate surface area is 153 Å². The predicted octanol–water partition coefficient (Wildman–Crippen LogP) is 1.95. The molecule has 2 bridgehead atoms. The van der Waals surface area contributed by atoms with Crippen LogP contribution in [0.5, 0.6) is 0 Å². The number of carbonyl (C=O) groups excluding carboxylic acids is 2. The van der Waals surface area contributed by atoms with Crippen molar-refractivity contribution in [3.63, 3.8) is 0 Å². The molecule has 1 amide bonds. The lowest BCUT2D eigenvalue weighted by Crippen LogP contribution is -2.61. The standard InChI is InChI=1S/C18H23NO6S/c1-2-24-16(20)18(10-14-8-9-15(11-18)26(14,22)23)19-17(21)25-12-13-6-4-3-5-7-13/h3-7,14-15H,2,8-12H2,1H3,(H,19,21). The van der Waals surface area contributed by atoms with Gasteiger partial charge in [-0.3, -0.25) is 0 Å². The fourth-order valence-corrected chi connectivity index (χ4v) is 6.32. The third-order valence-electron chi connectivity index (χ3n) is 5.11. The van der Waals surface area contributed by atoms with Crippen LogP contribution in [0.1, 0.15) is 38.2 Å². The first kappa shape index (κ1) is 18.7. The van der Waals surface area contributed by atoms with Crippen molar-refractivity contribution in [1.82, 2.24) is 5.32 Å². The topological polar surface area (TPSA) is 98.8 Å². The maximum atomic E-state index is 12.6. The quantitative estimate of drug-likeness (QED) is 0.783. The number of sulfone groups is 1. The summed E-state index contributed by atoms with van der Waals surface area (Å²) in [6, 6.07) is 9.17. The molecule has 2 unspecified atom stereocenters. The molecular formula is C18H23NO6S. The van der Waals surface area contributed by atoms with E-state index in [9.17, 15) is 18.0 Å². The normalized spacial score (nSPS) is 29.0. The number of benzene rings is 1. The summed E-state index contributed by atoms with van der Waals surface area (Å²) in [7, 11) is -3.24. The Kier molecular flexibility index (Phi) is 5.22. The van der Waals surface area contributed by atoms with E-state index in [4.69, 9.17) is 9.47 Å². The van der Waals surface area contributed by atoms with Gasteiger partial charge in [-0.15, -0.1) is 0 Å². The highest BCUT2D eigenvalue weighted by Crippen LogP contribution is 2.43. The molecule has 0 radical (unpaired) electrons. The first-order chi connectivity index (χ1) is 12.4. The SMILES string of the molecule is CCOC(=O)C1(NC(=O)OCc2ccccc2)CC2CCC(C1)S2(=O)=O. The highest BCUT2D eigenvalue weighted by molar-refractivity contribution is 7.93. The molecule has 2 heterocycles. The minimum Gasteiger partial charge on any atom is -0.464 e. The molecule has 2 aliphatic rings. The van der Waals surface area contributed by atoms with Crippen molar-refractivity contribution >= 4 is 21.9 Å². The van der Waals surface area contributed by atoms with E-state index in [0.29, 0.717) is 12.8 Å². The van der Waals surface area contributed by atoms with Crippen LogP contribution in [0.4, 0.5) is 4.79 Å². The second-order valence-corrected chi connectivity index (χ2v) is 9.32. The van der Waals surface area contributed by atoms with Gasteiger partial charge in [0.15, 0.2) is 9.84 Å². The highest BCUT2D eigenvalue weighted by Gasteiger charge is 2.57. The van der Waals surface area contributed by atoms with E-state index >= 15 is 0 Å². The van der Waals surface area contributed by atoms with Crippen LogP contribution in [-0.2, 0) is 30.7 Å². The van der Waals surface area contributed by atoms with Gasteiger partial charge in [-0.1, -0.05) is 30.3 Å². The van der Waals surface area contributed by atoms with Crippen molar-refractivity contribution in [2.24, 2.45) is 0 Å². The second kappa shape index (κ2) is 7.26. The molecule has 2 aliphatic heterocycles. The Morgan fingerprint density at radius 3 is 2.31 bits per heavy atom. The molecule has 7 nitrogen and oxygen atoms in total. The van der Waals surface area contributed by atoms with E-state index in [-0.39, 0.29) is 26.1 Å². The lowest BCUT2D eigenvalue weighted by atomic mass is 9.89. The molecule has 0 saturated carbocycles. The Balaban J connectivity index is 1.73. The van der Waals surface area contributed by atoms with E-state index in [1.807, 2.05) is 30.3 Å². The van der Waals surface area contributed by atoms with Crippen LogP contribution in [0, 0.1) is 0 Å². The summed E-state index contributed by atoms with van der Waals surface area (Å²) in [5.74, 6) is -0.594. The van der Waals surface area contributed by atoms with E-state index in [1.54, 1.807) is 6.92 Å². The Morgan fingerprint density at radius 1 is 1.12 bits per heavy atom. The van der Waals surface area contributed by atoms with Crippen molar-refractivity contribution in [3.8, 4) is 0 Å². The van der Waals surface area contributed by atoms with Gasteiger partial charge in [0.2, 0.25) is 0 Å². The molecule has 2 fully saturated rings. The summed E-state index contributed by atoms with van der Waals surface area (Å²) in [4.78, 5) is 24.9. The van der Waals surface area contributed by atoms with Gasteiger partial charge in [-0.05, 0) is 38.2 Å². The molecule has 1 aromatic rings. The number of rotatable bonds is 5. The smallest absolute Gasteiger partial charge is 0.408 e. The summed E-state index contributed by atoms with van der Waals surface area (Å²) in [5.41, 5.74) is -0.528. The van der Waals surface area contributed by atoms with Crippen molar-refractivity contribution in [2.75, 3.05) is 6.61 Å². The second-order valence-electron chi connectivity index (χ2n) is 6.81. The molecule has 8 heteroatoms. The average Bonchev–Trinajstić information content (AvgIpc) is 2.78. The molecule has 2 atom stereocenters. The number of fused-ring (bicyclic) bond motifs is 2. The fourth-order valence-electron chi connectivity index (χ4n) is 3.81. The zero-order chi connectivity index (χ0) is 18.8. The van der Waals surface area contributed by atoms with E-state index in [1.165, 1.54) is 0 Å². The van der Waals surface area contributed by atoms with Gasteiger partial charge in [0.1, 0.15) is 12.1 Å². The third-order valence-corrected chi connectivity index (χ3v) is 7.78. The van der Waals surface area contributed by atoms with Crippen LogP contribution in [0.25, 0.3) is 0 Å². The molecule has 0 aliphatic carbocycles. The first-order valence-electron chi connectivity index (χ1n) is 8.76. The summed E-state index contributed by atoms with van der Waals surface area (Å²) in [5, 5.41) is 1.38. The van der Waals surface area contributed by atoms with Crippen LogP contribution in [0.15, 0.2) is 30.3 Å². The molecule has 0 spiro atoms. The molecule has 1 N–H and O–H groups in total. The number of hydrogen-bond donors (Lipinski definition) is 1. The van der Waals surface area contributed by atoms with Gasteiger partial charge < -0.3 is 14.8 Å². The molecule has 142 valence electrons. The number of ether oxygens (including phenoxy) is 2. The lowest BCUT2D eigenvalue weighted by molar-refractivity contribution is -0.151. The number of nitrogens with one attached hydrogen (secondary N) is 1. The molecule has 26 heavy (non-hydrogen) atoms. The average molecular weight is 381 g/mol. The Bertz CT molecular complexity index is 756. The van der Waals surface area contributed by atoms with Crippen molar-refractivity contribution in [2.45, 2.75) is 55.3 Å². The van der Waals surface area contributed by atoms with E-state index in [0.717, 1.165) is 5.56 Å². The number of alkyl carbamates (subject to hydrolysis) is 1. The summed E-state index contributed by atoms with van der Waals surface area (Å²) >= 11 is 0. The zero-order valence-corrected chi connectivity index (χ0v) is 15.5. The summed E-state index contributed by atoms with van der Waals surface area (Å²) in [6.45, 7) is 1.90. The molecule has 1 aromatic carbocycles. The van der Waals surface area contributed by atoms with E-state index in [2.05, 4.69) is 5.32 Å². The van der Waals surface area contributed by atoms with Gasteiger partial charge in [-0.2, -0.15) is 0 Å². The largest absolute Gasteiger partial charge is 0.464 e. The molecule has 3 rings (SSSR count). The van der Waals surface area contributed by atoms with Crippen molar-refractivity contribution < 1.29 is 27.5 Å². The van der Waals surface area contributed by atoms with Crippen LogP contribution in [0.2, 0.25) is 0 Å². The van der Waals surface area contributed by atoms with Crippen molar-refractivity contribution in [1.29, 1.82) is 0 Å². The Morgan fingerprint density at radius 2 is 1.73 bits per heavy atom. The van der Waals surface area contributed by atoms with Crippen LogP contribution < -0.4 is 5.32 Å². The molecule has 2 saturated heterocycles. The predicted molar refractivity (Wildman–Crippen MR) is 94.1 cm³/mol. The van der Waals surface area contributed by atoms with Gasteiger partial charge in [0, 0.05) is 0 Å². The highest BCUT2D eigenvalue weighted by atomic mass is 32.2. The van der Waals surface area contributed by atoms with Gasteiger partial charge in [0.25, 0.3) is 0 Å². The third kappa shape index (κ3) is 3.56. The van der Waals surface area contributed by atoms with E-state index < -0.39 is 37.9 Å². The summed E-state index contributed by atoms with van der Waals surface area (Å²) in [6.07, 6.45) is 0.334. The minimum absolute atomic E-state index is 0.0328. The van der Waals surface area contributed by atoms with Gasteiger partial charge >= 0.3 is 12.1 Å². The Hall–Kier alpha value is -2.09. The van der Waals surface area contributed by atoms with Gasteiger partial charge in [0.05, 0.1) is 17.1 Å². The monoisotopic (exact) mass is 381 g/mol. The summed E-state index contributed by atoms with van der Waals surface area (Å²) < 4.78 is 35.0. The molecular weight excluding hydrogens is 358 g/mol. The van der Waals surface area contributed by atoms with Crippen LogP contribution in [0.3, 0.4) is 0 Å². The number of hydrogen-bond acceptors (Lipinski definition) is 6. The maximum Gasteiger partial charge on any atom is 0.408 e. The molecule has 0 aromatic heterocycles. The minimum atomic E-state index is -3.24. The lowest BCUT2D eigenvalue weighted by Gasteiger charge is -2.38. The number of carbonyl (C=O) groups is 2. The van der Waals surface area contributed by atoms with Crippen LogP contribution >= 0.6 is 0 Å². The van der Waals surface area contributed by atoms with Crippen LogP contribution in [-0.4, -0.2) is 43.1 Å². The maximum absolute atomic E-state index is 12.6. The zero-order valence-electron chi connectivity index (χ0n) is 14.6. The fraction of sp³-hybridized carbons (Fsp3) is 0.556. The van der Waals surface area contributed by atoms with Crippen molar-refractivity contribution in [3.05, 3.63) is 35.9 Å². The van der Waals surface area contributed by atoms with Gasteiger partial charge in [-0.25, -0.2) is 18.0 Å². The number of esters is 1. The first-order valence-corrected chi connectivity index (χ1v) is 10.4. The number of amides is 1.